The summed E-state index contributed by atoms with van der Waals surface area (Å²) < 4.78 is 0. The van der Waals surface area contributed by atoms with Crippen molar-refractivity contribution >= 4 is 21.6 Å². The maximum absolute atomic E-state index is 6.11. The molecule has 0 spiro atoms. The highest BCUT2D eigenvalue weighted by Crippen LogP contribution is 2.27. The summed E-state index contributed by atoms with van der Waals surface area (Å²) in [4.78, 5) is 5.40. The lowest BCUT2D eigenvalue weighted by atomic mass is 10.0. The normalized spacial score (nSPS) is 13.3. The molecule has 0 saturated heterocycles. The molecule has 0 amide bonds. The summed E-state index contributed by atoms with van der Waals surface area (Å²) in [5, 5.41) is 3.29. The molecular formula is C11H14N2S. The lowest BCUT2D eigenvalue weighted by Crippen LogP contribution is -2.09. The predicted molar refractivity (Wildman–Crippen MR) is 61.5 cm³/mol. The molecule has 2 aromatic heterocycles. The van der Waals surface area contributed by atoms with Crippen LogP contribution >= 0.6 is 11.3 Å². The van der Waals surface area contributed by atoms with Crippen LogP contribution in [-0.4, -0.2) is 4.98 Å². The molecule has 2 N–H and O–H groups in total. The number of rotatable bonds is 3. The maximum Gasteiger partial charge on any atom is 0.123 e. The minimum Gasteiger partial charge on any atom is -0.324 e. The summed E-state index contributed by atoms with van der Waals surface area (Å²) in [5.41, 5.74) is 7.34. The van der Waals surface area contributed by atoms with Gasteiger partial charge in [0.1, 0.15) is 4.83 Å². The van der Waals surface area contributed by atoms with Crippen LogP contribution in [0.5, 0.6) is 0 Å². The second-order valence-corrected chi connectivity index (χ2v) is 4.33. The van der Waals surface area contributed by atoms with Crippen LogP contribution in [0.15, 0.2) is 23.7 Å². The van der Waals surface area contributed by atoms with Crippen molar-refractivity contribution in [3.05, 3.63) is 29.3 Å². The summed E-state index contributed by atoms with van der Waals surface area (Å²) in [6, 6.07) is 4.30. The van der Waals surface area contributed by atoms with E-state index in [1.54, 1.807) is 11.3 Å². The van der Waals surface area contributed by atoms with Crippen molar-refractivity contribution in [3.63, 3.8) is 0 Å². The van der Waals surface area contributed by atoms with E-state index < -0.39 is 0 Å². The van der Waals surface area contributed by atoms with Gasteiger partial charge < -0.3 is 5.73 Å². The smallest absolute Gasteiger partial charge is 0.123 e. The summed E-state index contributed by atoms with van der Waals surface area (Å²) in [7, 11) is 0. The fourth-order valence-corrected chi connectivity index (χ4v) is 2.45. The van der Waals surface area contributed by atoms with Crippen molar-refractivity contribution in [1.82, 2.24) is 4.98 Å². The largest absolute Gasteiger partial charge is 0.324 e. The van der Waals surface area contributed by atoms with E-state index >= 15 is 0 Å². The summed E-state index contributed by atoms with van der Waals surface area (Å²) >= 11 is 1.67. The minimum absolute atomic E-state index is 0.153. The van der Waals surface area contributed by atoms with Crippen molar-refractivity contribution in [1.29, 1.82) is 0 Å². The lowest BCUT2D eigenvalue weighted by molar-refractivity contribution is 0.642. The van der Waals surface area contributed by atoms with Gasteiger partial charge in [0.05, 0.1) is 0 Å². The highest BCUT2D eigenvalue weighted by molar-refractivity contribution is 7.16. The van der Waals surface area contributed by atoms with Crippen LogP contribution < -0.4 is 5.73 Å². The molecule has 0 saturated carbocycles. The molecule has 14 heavy (non-hydrogen) atoms. The van der Waals surface area contributed by atoms with Gasteiger partial charge in [0, 0.05) is 17.6 Å². The van der Waals surface area contributed by atoms with Gasteiger partial charge in [0.25, 0.3) is 0 Å². The van der Waals surface area contributed by atoms with E-state index in [2.05, 4.69) is 23.4 Å². The van der Waals surface area contributed by atoms with Crippen molar-refractivity contribution in [2.45, 2.75) is 25.8 Å². The Kier molecular flexibility index (Phi) is 2.79. The average Bonchev–Trinajstić information content (AvgIpc) is 2.65. The summed E-state index contributed by atoms with van der Waals surface area (Å²) in [5.74, 6) is 0. The molecule has 1 atom stereocenters. The molecule has 0 radical (unpaired) electrons. The van der Waals surface area contributed by atoms with Crippen molar-refractivity contribution in [2.24, 2.45) is 5.73 Å². The highest BCUT2D eigenvalue weighted by atomic mass is 32.1. The number of pyridine rings is 1. The zero-order valence-corrected chi connectivity index (χ0v) is 9.05. The Morgan fingerprint density at radius 1 is 1.50 bits per heavy atom. The zero-order valence-electron chi connectivity index (χ0n) is 8.23. The van der Waals surface area contributed by atoms with Gasteiger partial charge in [0.15, 0.2) is 0 Å². The SMILES string of the molecule is CCCC(N)c1ccnc2sccc12. The number of hydrogen-bond acceptors (Lipinski definition) is 3. The predicted octanol–water partition coefficient (Wildman–Crippen LogP) is 3.10. The first-order valence-corrected chi connectivity index (χ1v) is 5.78. The Morgan fingerprint density at radius 3 is 3.14 bits per heavy atom. The minimum atomic E-state index is 0.153. The fourth-order valence-electron chi connectivity index (χ4n) is 1.69. The van der Waals surface area contributed by atoms with Gasteiger partial charge in [-0.3, -0.25) is 0 Å². The number of fused-ring (bicyclic) bond motifs is 1. The molecule has 2 nitrogen and oxygen atoms in total. The molecule has 2 aromatic rings. The van der Waals surface area contributed by atoms with E-state index in [0.717, 1.165) is 17.7 Å². The molecular weight excluding hydrogens is 192 g/mol. The summed E-state index contributed by atoms with van der Waals surface area (Å²) in [6.45, 7) is 2.16. The number of thiophene rings is 1. The van der Waals surface area contributed by atoms with Gasteiger partial charge in [-0.25, -0.2) is 4.98 Å². The first kappa shape index (κ1) is 9.62. The second-order valence-electron chi connectivity index (χ2n) is 3.43. The number of nitrogens with zero attached hydrogens (tertiary/aromatic N) is 1. The number of hydrogen-bond donors (Lipinski definition) is 1. The van der Waals surface area contributed by atoms with E-state index in [9.17, 15) is 0 Å². The molecule has 0 aliphatic carbocycles. The molecule has 0 aliphatic heterocycles. The van der Waals surface area contributed by atoms with Crippen LogP contribution in [0, 0.1) is 0 Å². The molecule has 0 bridgehead atoms. The number of nitrogens with two attached hydrogens (primary N) is 1. The molecule has 0 aromatic carbocycles. The van der Waals surface area contributed by atoms with Gasteiger partial charge >= 0.3 is 0 Å². The van der Waals surface area contributed by atoms with E-state index in [1.165, 1.54) is 10.9 Å². The Balaban J connectivity index is 2.45. The van der Waals surface area contributed by atoms with E-state index in [4.69, 9.17) is 5.73 Å². The van der Waals surface area contributed by atoms with Crippen molar-refractivity contribution < 1.29 is 0 Å². The van der Waals surface area contributed by atoms with Crippen LogP contribution in [0.1, 0.15) is 31.4 Å². The van der Waals surface area contributed by atoms with E-state index in [0.29, 0.717) is 0 Å². The molecule has 2 rings (SSSR count). The molecule has 0 aliphatic rings. The van der Waals surface area contributed by atoms with Gasteiger partial charge in [-0.15, -0.1) is 11.3 Å². The molecule has 74 valence electrons. The maximum atomic E-state index is 6.11. The van der Waals surface area contributed by atoms with Crippen LogP contribution in [0.4, 0.5) is 0 Å². The molecule has 3 heteroatoms. The Labute approximate surface area is 87.8 Å². The molecule has 2 heterocycles. The highest BCUT2D eigenvalue weighted by Gasteiger charge is 2.09. The Bertz CT molecular complexity index is 422. The summed E-state index contributed by atoms with van der Waals surface area (Å²) in [6.07, 6.45) is 4.01. The fraction of sp³-hybridized carbons (Fsp3) is 0.364. The molecule has 1 unspecified atom stereocenters. The van der Waals surface area contributed by atoms with Crippen molar-refractivity contribution in [2.75, 3.05) is 0 Å². The van der Waals surface area contributed by atoms with Gasteiger partial charge in [-0.05, 0) is 29.5 Å². The number of aromatic nitrogens is 1. The average molecular weight is 206 g/mol. The topological polar surface area (TPSA) is 38.9 Å². The third kappa shape index (κ3) is 1.65. The molecule has 0 fully saturated rings. The zero-order chi connectivity index (χ0) is 9.97. The van der Waals surface area contributed by atoms with E-state index in [1.807, 2.05) is 12.3 Å². The standard InChI is InChI=1S/C11H14N2S/c1-2-3-10(12)8-4-6-13-11-9(8)5-7-14-11/h4-7,10H,2-3,12H2,1H3. The van der Waals surface area contributed by atoms with Crippen LogP contribution in [0.3, 0.4) is 0 Å². The van der Waals surface area contributed by atoms with Crippen LogP contribution in [-0.2, 0) is 0 Å². The monoisotopic (exact) mass is 206 g/mol. The quantitative estimate of drug-likeness (QED) is 0.838. The van der Waals surface area contributed by atoms with Gasteiger partial charge in [-0.2, -0.15) is 0 Å². The third-order valence-corrected chi connectivity index (χ3v) is 3.22. The van der Waals surface area contributed by atoms with Gasteiger partial charge in [0.2, 0.25) is 0 Å². The lowest BCUT2D eigenvalue weighted by Gasteiger charge is -2.11. The Morgan fingerprint density at radius 2 is 2.36 bits per heavy atom. The van der Waals surface area contributed by atoms with Crippen molar-refractivity contribution in [3.8, 4) is 0 Å². The first-order valence-electron chi connectivity index (χ1n) is 4.90. The van der Waals surface area contributed by atoms with Crippen LogP contribution in [0.2, 0.25) is 0 Å². The van der Waals surface area contributed by atoms with Gasteiger partial charge in [-0.1, -0.05) is 13.3 Å². The first-order chi connectivity index (χ1) is 6.83. The Hall–Kier alpha value is -0.930. The second kappa shape index (κ2) is 4.07. The van der Waals surface area contributed by atoms with Crippen LogP contribution in [0.25, 0.3) is 10.2 Å². The third-order valence-electron chi connectivity index (χ3n) is 2.40. The van der Waals surface area contributed by atoms with E-state index in [-0.39, 0.29) is 6.04 Å².